The van der Waals surface area contributed by atoms with E-state index in [0.29, 0.717) is 12.3 Å². The van der Waals surface area contributed by atoms with Gasteiger partial charge in [0.25, 0.3) is 5.91 Å². The third-order valence-electron chi connectivity index (χ3n) is 3.86. The van der Waals surface area contributed by atoms with Gasteiger partial charge in [0.05, 0.1) is 16.8 Å². The Labute approximate surface area is 161 Å². The number of fused-ring (bicyclic) bond motifs is 1. The molecule has 0 radical (unpaired) electrons. The molecule has 0 bridgehead atoms. The van der Waals surface area contributed by atoms with Gasteiger partial charge in [0.1, 0.15) is 10.8 Å². The molecule has 0 spiro atoms. The van der Waals surface area contributed by atoms with Gasteiger partial charge in [-0.15, -0.1) is 11.3 Å². The lowest BCUT2D eigenvalue weighted by Gasteiger charge is -2.17. The summed E-state index contributed by atoms with van der Waals surface area (Å²) in [6, 6.07) is 16.8. The largest absolute Gasteiger partial charge is 0.479 e. The van der Waals surface area contributed by atoms with Crippen molar-refractivity contribution in [2.24, 2.45) is 0 Å². The molecule has 27 heavy (non-hydrogen) atoms. The minimum absolute atomic E-state index is 0.297. The quantitative estimate of drug-likeness (QED) is 0.585. The Morgan fingerprint density at radius 1 is 1.11 bits per heavy atom. The van der Waals surface area contributed by atoms with Gasteiger partial charge >= 0.3 is 5.97 Å². The van der Waals surface area contributed by atoms with Crippen molar-refractivity contribution in [2.45, 2.75) is 19.6 Å². The molecule has 0 saturated carbocycles. The van der Waals surface area contributed by atoms with Gasteiger partial charge in [-0.3, -0.25) is 4.79 Å². The van der Waals surface area contributed by atoms with E-state index in [4.69, 9.17) is 9.47 Å². The van der Waals surface area contributed by atoms with Gasteiger partial charge in [0.15, 0.2) is 12.7 Å². The molecule has 0 aliphatic heterocycles. The average molecular weight is 384 g/mol. The van der Waals surface area contributed by atoms with Gasteiger partial charge in [-0.05, 0) is 31.2 Å². The summed E-state index contributed by atoms with van der Waals surface area (Å²) in [6.07, 6.45) is -0.797. The Bertz CT molecular complexity index is 893. The predicted molar refractivity (Wildman–Crippen MR) is 104 cm³/mol. The molecule has 0 aliphatic carbocycles. The number of hydrogen-bond donors (Lipinski definition) is 0. The van der Waals surface area contributed by atoms with Gasteiger partial charge in [-0.1, -0.05) is 30.3 Å². The molecule has 0 saturated heterocycles. The maximum Gasteiger partial charge on any atom is 0.347 e. The van der Waals surface area contributed by atoms with Crippen LogP contribution in [0.5, 0.6) is 5.75 Å². The number of hydrogen-bond acceptors (Lipinski definition) is 6. The summed E-state index contributed by atoms with van der Waals surface area (Å²) in [6.45, 7) is 1.62. The highest BCUT2D eigenvalue weighted by atomic mass is 32.1. The van der Waals surface area contributed by atoms with Crippen molar-refractivity contribution >= 4 is 33.4 Å². The molecule has 1 aromatic heterocycles. The molecule has 1 atom stereocenters. The number of ether oxygens (including phenoxy) is 2. The van der Waals surface area contributed by atoms with Crippen molar-refractivity contribution < 1.29 is 19.1 Å². The number of thiazole rings is 1. The summed E-state index contributed by atoms with van der Waals surface area (Å²) < 4.78 is 11.6. The van der Waals surface area contributed by atoms with Gasteiger partial charge in [-0.2, -0.15) is 0 Å². The first-order valence-corrected chi connectivity index (χ1v) is 9.31. The van der Waals surface area contributed by atoms with Gasteiger partial charge in [-0.25, -0.2) is 9.78 Å². The Hall–Kier alpha value is -2.93. The predicted octanol–water partition coefficient (Wildman–Crippen LogP) is 3.27. The third kappa shape index (κ3) is 5.04. The normalized spacial score (nSPS) is 11.8. The molecule has 140 valence electrons. The molecule has 1 amide bonds. The summed E-state index contributed by atoms with van der Waals surface area (Å²) in [7, 11) is 1.66. The molecular weight excluding hydrogens is 364 g/mol. The summed E-state index contributed by atoms with van der Waals surface area (Å²) in [5, 5.41) is 0.833. The maximum atomic E-state index is 12.2. The second kappa shape index (κ2) is 8.64. The highest BCUT2D eigenvalue weighted by molar-refractivity contribution is 7.18. The first-order chi connectivity index (χ1) is 13.0. The highest BCUT2D eigenvalue weighted by Gasteiger charge is 2.19. The van der Waals surface area contributed by atoms with Crippen molar-refractivity contribution in [3.05, 3.63) is 59.6 Å². The second-order valence-electron chi connectivity index (χ2n) is 6.01. The monoisotopic (exact) mass is 384 g/mol. The molecule has 1 heterocycles. The first kappa shape index (κ1) is 18.8. The van der Waals surface area contributed by atoms with Crippen LogP contribution in [-0.4, -0.2) is 41.5 Å². The summed E-state index contributed by atoms with van der Waals surface area (Å²) in [4.78, 5) is 30.3. The number of likely N-dealkylation sites (N-methyl/N-ethyl adjacent to an activating group) is 1. The standard InChI is InChI=1S/C20H20N2O4S/c1-14(26-15-8-4-3-5-9-15)20(24)25-13-19(23)22(2)12-18-21-16-10-6-7-11-17(16)27-18/h3-11,14H,12-13H2,1-2H3/t14-/m1/s1. The van der Waals surface area contributed by atoms with Crippen LogP contribution in [0.1, 0.15) is 11.9 Å². The van der Waals surface area contributed by atoms with Crippen LogP contribution in [-0.2, 0) is 20.9 Å². The number of carbonyl (C=O) groups excluding carboxylic acids is 2. The van der Waals surface area contributed by atoms with Crippen LogP contribution in [0.4, 0.5) is 0 Å². The molecule has 0 unspecified atom stereocenters. The van der Waals surface area contributed by atoms with Gasteiger partial charge < -0.3 is 14.4 Å². The van der Waals surface area contributed by atoms with Gasteiger partial charge in [0.2, 0.25) is 0 Å². The summed E-state index contributed by atoms with van der Waals surface area (Å²) in [5.74, 6) is -0.309. The first-order valence-electron chi connectivity index (χ1n) is 8.49. The molecular formula is C20H20N2O4S. The van der Waals surface area contributed by atoms with Crippen molar-refractivity contribution in [1.82, 2.24) is 9.88 Å². The molecule has 2 aromatic carbocycles. The lowest BCUT2D eigenvalue weighted by molar-refractivity contribution is -0.157. The van der Waals surface area contributed by atoms with E-state index in [2.05, 4.69) is 4.98 Å². The van der Waals surface area contributed by atoms with Crippen molar-refractivity contribution in [3.63, 3.8) is 0 Å². The van der Waals surface area contributed by atoms with E-state index < -0.39 is 12.1 Å². The molecule has 0 fully saturated rings. The molecule has 3 rings (SSSR count). The highest BCUT2D eigenvalue weighted by Crippen LogP contribution is 2.22. The average Bonchev–Trinajstić information content (AvgIpc) is 3.08. The summed E-state index contributed by atoms with van der Waals surface area (Å²) in [5.41, 5.74) is 0.914. The van der Waals surface area contributed by atoms with Crippen LogP contribution in [0.3, 0.4) is 0 Å². The number of esters is 1. The van der Waals surface area contributed by atoms with E-state index >= 15 is 0 Å². The van der Waals surface area contributed by atoms with E-state index in [-0.39, 0.29) is 12.5 Å². The lowest BCUT2D eigenvalue weighted by Crippen LogP contribution is -2.33. The number of nitrogens with zero attached hydrogens (tertiary/aromatic N) is 2. The topological polar surface area (TPSA) is 68.7 Å². The zero-order valence-electron chi connectivity index (χ0n) is 15.1. The fourth-order valence-corrected chi connectivity index (χ4v) is 3.41. The van der Waals surface area contributed by atoms with Crippen LogP contribution in [0, 0.1) is 0 Å². The van der Waals surface area contributed by atoms with E-state index in [1.54, 1.807) is 37.4 Å². The lowest BCUT2D eigenvalue weighted by atomic mass is 10.3. The maximum absolute atomic E-state index is 12.2. The van der Waals surface area contributed by atoms with Crippen LogP contribution < -0.4 is 4.74 Å². The Kier molecular flexibility index (Phi) is 6.03. The molecule has 3 aromatic rings. The zero-order chi connectivity index (χ0) is 19.2. The number of rotatable bonds is 7. The van der Waals surface area contributed by atoms with Crippen molar-refractivity contribution in [2.75, 3.05) is 13.7 Å². The van der Waals surface area contributed by atoms with Crippen molar-refractivity contribution in [3.8, 4) is 5.75 Å². The van der Waals surface area contributed by atoms with E-state index in [1.807, 2.05) is 42.5 Å². The van der Waals surface area contributed by atoms with Crippen LogP contribution in [0.15, 0.2) is 54.6 Å². The minimum Gasteiger partial charge on any atom is -0.479 e. The number of aromatic nitrogens is 1. The Morgan fingerprint density at radius 3 is 2.56 bits per heavy atom. The number of benzene rings is 2. The van der Waals surface area contributed by atoms with Crippen molar-refractivity contribution in [1.29, 1.82) is 0 Å². The minimum atomic E-state index is -0.797. The third-order valence-corrected chi connectivity index (χ3v) is 4.88. The number of amides is 1. The van der Waals surface area contributed by atoms with E-state index in [1.165, 1.54) is 4.90 Å². The zero-order valence-corrected chi connectivity index (χ0v) is 15.9. The van der Waals surface area contributed by atoms with Crippen LogP contribution in [0.2, 0.25) is 0 Å². The number of carbonyl (C=O) groups is 2. The number of para-hydroxylation sites is 2. The van der Waals surface area contributed by atoms with E-state index in [0.717, 1.165) is 15.2 Å². The van der Waals surface area contributed by atoms with Crippen LogP contribution in [0.25, 0.3) is 10.2 Å². The fourth-order valence-electron chi connectivity index (χ4n) is 2.39. The van der Waals surface area contributed by atoms with E-state index in [9.17, 15) is 9.59 Å². The molecule has 6 nitrogen and oxygen atoms in total. The smallest absolute Gasteiger partial charge is 0.347 e. The molecule has 7 heteroatoms. The Balaban J connectivity index is 1.48. The second-order valence-corrected chi connectivity index (χ2v) is 7.12. The summed E-state index contributed by atoms with van der Waals surface area (Å²) >= 11 is 1.54. The van der Waals surface area contributed by atoms with Gasteiger partial charge in [0, 0.05) is 7.05 Å². The van der Waals surface area contributed by atoms with Crippen LogP contribution >= 0.6 is 11.3 Å². The SMILES string of the molecule is C[C@@H](Oc1ccccc1)C(=O)OCC(=O)N(C)Cc1nc2ccccc2s1. The fraction of sp³-hybridized carbons (Fsp3) is 0.250. The Morgan fingerprint density at radius 2 is 1.81 bits per heavy atom. The molecule has 0 N–H and O–H groups in total. The molecule has 0 aliphatic rings.